The minimum Gasteiger partial charge on any atom is -0.413 e. The van der Waals surface area contributed by atoms with Crippen molar-refractivity contribution in [3.05, 3.63) is 6.92 Å². The van der Waals surface area contributed by atoms with Gasteiger partial charge in [-0.25, -0.2) is 0 Å². The van der Waals surface area contributed by atoms with Gasteiger partial charge in [-0.3, -0.25) is 0 Å². The molecule has 0 atom stereocenters. The van der Waals surface area contributed by atoms with Gasteiger partial charge < -0.3 is 11.7 Å². The minimum atomic E-state index is 0. The molecule has 0 amide bonds. The third kappa shape index (κ3) is 11.4. The van der Waals surface area contributed by atoms with E-state index in [2.05, 4.69) is 13.8 Å². The van der Waals surface area contributed by atoms with Gasteiger partial charge in [-0.05, 0) is 6.42 Å². The van der Waals surface area contributed by atoms with Gasteiger partial charge in [-0.15, -0.1) is 0 Å². The first-order valence-electron chi connectivity index (χ1n) is 3.78. The second-order valence-corrected chi connectivity index (χ2v) is 2.17. The molecule has 0 aliphatic heterocycles. The summed E-state index contributed by atoms with van der Waals surface area (Å²) >= 11 is 0. The van der Waals surface area contributed by atoms with Crippen LogP contribution in [0.4, 0.5) is 0 Å². The molecule has 0 saturated heterocycles. The number of hydrogen-bond donors (Lipinski definition) is 0. The summed E-state index contributed by atoms with van der Waals surface area (Å²) in [7, 11) is 0. The monoisotopic (exact) mass is 193 g/mol. The molecule has 0 aliphatic rings. The van der Waals surface area contributed by atoms with E-state index in [9.17, 15) is 0 Å². The first-order valence-corrected chi connectivity index (χ1v) is 3.78. The number of rotatable bonds is 6. The van der Waals surface area contributed by atoms with E-state index >= 15 is 0 Å². The summed E-state index contributed by atoms with van der Waals surface area (Å²) in [6.07, 6.45) is 5.13. The Labute approximate surface area is 77.3 Å². The van der Waals surface area contributed by atoms with Crippen LogP contribution in [0.15, 0.2) is 0 Å². The molecule has 0 unspecified atom stereocenters. The van der Waals surface area contributed by atoms with Gasteiger partial charge in [0.15, 0.2) is 0 Å². The topological polar surface area (TPSA) is 9.23 Å². The molecule has 0 aromatic carbocycles. The van der Waals surface area contributed by atoms with E-state index < -0.39 is 0 Å². The summed E-state index contributed by atoms with van der Waals surface area (Å²) in [6.45, 7) is 7.30. The van der Waals surface area contributed by atoms with Crippen molar-refractivity contribution in [2.24, 2.45) is 0 Å². The maximum atomic E-state index is 5.07. The molecule has 0 saturated carbocycles. The average Bonchev–Trinajstić information content (AvgIpc) is 1.89. The van der Waals surface area contributed by atoms with Gasteiger partial charge in [0.05, 0.1) is 0 Å². The van der Waals surface area contributed by atoms with Crippen LogP contribution < -0.4 is 0 Å². The fourth-order valence-electron chi connectivity index (χ4n) is 0.733. The summed E-state index contributed by atoms with van der Waals surface area (Å²) in [6, 6.07) is 0. The van der Waals surface area contributed by atoms with E-state index in [-0.39, 0.29) is 19.5 Å². The predicted molar refractivity (Wildman–Crippen MR) is 40.3 cm³/mol. The van der Waals surface area contributed by atoms with Crippen molar-refractivity contribution in [2.75, 3.05) is 13.2 Å². The molecule has 0 radical (unpaired) electrons. The van der Waals surface area contributed by atoms with Gasteiger partial charge in [0, 0.05) is 26.1 Å². The van der Waals surface area contributed by atoms with Gasteiger partial charge in [0.2, 0.25) is 0 Å². The Bertz CT molecular complexity index is 42.5. The molecule has 0 aliphatic carbocycles. The van der Waals surface area contributed by atoms with Crippen molar-refractivity contribution in [1.29, 1.82) is 0 Å². The van der Waals surface area contributed by atoms with Gasteiger partial charge in [-0.2, -0.15) is 0 Å². The maximum absolute atomic E-state index is 5.07. The molecule has 0 aromatic rings. The second-order valence-electron chi connectivity index (χ2n) is 2.17. The van der Waals surface area contributed by atoms with Crippen molar-refractivity contribution in [1.82, 2.24) is 0 Å². The van der Waals surface area contributed by atoms with Crippen molar-refractivity contribution >= 4 is 0 Å². The Morgan fingerprint density at radius 2 is 1.90 bits per heavy atom. The Morgan fingerprint density at radius 1 is 1.20 bits per heavy atom. The van der Waals surface area contributed by atoms with Crippen LogP contribution in [0.3, 0.4) is 0 Å². The summed E-state index contributed by atoms with van der Waals surface area (Å²) in [5, 5.41) is 0. The Balaban J connectivity index is 0. The molecule has 10 heavy (non-hydrogen) atoms. The van der Waals surface area contributed by atoms with Crippen LogP contribution in [0, 0.1) is 6.92 Å². The molecule has 0 aromatic heterocycles. The summed E-state index contributed by atoms with van der Waals surface area (Å²) in [5.74, 6) is 0. The molecule has 0 bridgehead atoms. The zero-order valence-corrected chi connectivity index (χ0v) is 10.0. The summed E-state index contributed by atoms with van der Waals surface area (Å²) in [5.41, 5.74) is 0. The fourth-order valence-corrected chi connectivity index (χ4v) is 0.733. The van der Waals surface area contributed by atoms with Gasteiger partial charge in [0.25, 0.3) is 0 Å². The standard InChI is InChI=1S/C8H17O.Zn/c1-3-5-6-7-8-9-4-2;/h2-8H2,1H3;/q-1;. The Hall–Kier alpha value is 0.583. The van der Waals surface area contributed by atoms with Gasteiger partial charge in [0.1, 0.15) is 0 Å². The molecule has 0 rings (SSSR count). The van der Waals surface area contributed by atoms with Crippen LogP contribution >= 0.6 is 0 Å². The largest absolute Gasteiger partial charge is 0.413 e. The molecule has 0 heterocycles. The van der Waals surface area contributed by atoms with Crippen LogP contribution in [0.1, 0.15) is 32.6 Å². The van der Waals surface area contributed by atoms with Crippen molar-refractivity contribution < 1.29 is 24.2 Å². The Morgan fingerprint density at radius 3 is 2.40 bits per heavy atom. The van der Waals surface area contributed by atoms with Crippen LogP contribution in [-0.4, -0.2) is 13.2 Å². The van der Waals surface area contributed by atoms with Crippen molar-refractivity contribution in [2.45, 2.75) is 32.6 Å². The van der Waals surface area contributed by atoms with Crippen LogP contribution in [0.2, 0.25) is 0 Å². The first-order chi connectivity index (χ1) is 4.41. The molecule has 1 nitrogen and oxygen atoms in total. The van der Waals surface area contributed by atoms with Crippen LogP contribution in [-0.2, 0) is 24.2 Å². The zero-order valence-electron chi connectivity index (χ0n) is 7.07. The van der Waals surface area contributed by atoms with E-state index in [1.165, 1.54) is 25.7 Å². The van der Waals surface area contributed by atoms with Gasteiger partial charge in [-0.1, -0.05) is 32.8 Å². The van der Waals surface area contributed by atoms with E-state index in [0.29, 0.717) is 6.61 Å². The van der Waals surface area contributed by atoms with Crippen LogP contribution in [0.5, 0.6) is 0 Å². The number of unbranched alkanes of at least 4 members (excludes halogenated alkanes) is 3. The summed E-state index contributed by atoms with van der Waals surface area (Å²) in [4.78, 5) is 0. The SMILES string of the molecule is [CH2-]COCCCCCC.[Zn]. The molecule has 0 N–H and O–H groups in total. The smallest absolute Gasteiger partial charge is 0.0430 e. The molecule has 2 heteroatoms. The van der Waals surface area contributed by atoms with E-state index in [4.69, 9.17) is 4.74 Å². The van der Waals surface area contributed by atoms with E-state index in [1.807, 2.05) is 0 Å². The Kier molecular flexibility index (Phi) is 16.2. The second kappa shape index (κ2) is 12.3. The molecule has 0 fully saturated rings. The van der Waals surface area contributed by atoms with Gasteiger partial charge >= 0.3 is 0 Å². The fraction of sp³-hybridized carbons (Fsp3) is 0.875. The minimum absolute atomic E-state index is 0. The van der Waals surface area contributed by atoms with Crippen molar-refractivity contribution in [3.8, 4) is 0 Å². The predicted octanol–water partition coefficient (Wildman–Crippen LogP) is 2.41. The normalized spacial score (nSPS) is 9.00. The summed E-state index contributed by atoms with van der Waals surface area (Å²) < 4.78 is 5.07. The molecular formula is C8H17OZn-. The maximum Gasteiger partial charge on any atom is 0.0430 e. The molecule has 0 spiro atoms. The third-order valence-electron chi connectivity index (χ3n) is 1.29. The zero-order chi connectivity index (χ0) is 6.95. The average molecular weight is 195 g/mol. The number of ether oxygens (including phenoxy) is 1. The quantitative estimate of drug-likeness (QED) is 0.359. The molecular weight excluding hydrogens is 177 g/mol. The first kappa shape index (κ1) is 13.2. The molecule has 58 valence electrons. The van der Waals surface area contributed by atoms with E-state index in [1.54, 1.807) is 0 Å². The van der Waals surface area contributed by atoms with Crippen molar-refractivity contribution in [3.63, 3.8) is 0 Å². The third-order valence-corrected chi connectivity index (χ3v) is 1.29. The van der Waals surface area contributed by atoms with Crippen LogP contribution in [0.25, 0.3) is 0 Å². The number of hydrogen-bond acceptors (Lipinski definition) is 1. The van der Waals surface area contributed by atoms with E-state index in [0.717, 1.165) is 6.61 Å².